The van der Waals surface area contributed by atoms with Crippen LogP contribution in [0.1, 0.15) is 12.5 Å². The van der Waals surface area contributed by atoms with E-state index >= 15 is 0 Å². The van der Waals surface area contributed by atoms with E-state index in [1.165, 1.54) is 5.56 Å². The van der Waals surface area contributed by atoms with Crippen molar-refractivity contribution in [2.75, 3.05) is 4.90 Å². The molecule has 5 nitrogen and oxygen atoms in total. The third-order valence-corrected chi connectivity index (χ3v) is 9.24. The summed E-state index contributed by atoms with van der Waals surface area (Å²) in [4.78, 5) is 17.3. The van der Waals surface area contributed by atoms with Gasteiger partial charge in [-0.05, 0) is 95.2 Å². The molecule has 0 radical (unpaired) electrons. The standard InChI is InChI=1S/C41H29IN4O/c1-2-27-25-32(41-45-36-19-11-12-20-38(36)47-41)33(42)26-37(27)46(30-15-7-4-8-16-30)31-23-21-29(22-24-31)40-39(28-13-5-3-6-14-28)43-34-17-9-10-18-35(34)44-40/h3-26H,2H2,1H3. The van der Waals surface area contributed by atoms with E-state index in [9.17, 15) is 0 Å². The maximum atomic E-state index is 6.19. The minimum absolute atomic E-state index is 0.637. The van der Waals surface area contributed by atoms with Gasteiger partial charge in [-0.15, -0.1) is 0 Å². The molecule has 0 fully saturated rings. The normalized spacial score (nSPS) is 11.3. The maximum Gasteiger partial charge on any atom is 0.228 e. The fourth-order valence-corrected chi connectivity index (χ4v) is 6.70. The number of oxazole rings is 1. The molecule has 0 aliphatic carbocycles. The number of hydrogen-bond acceptors (Lipinski definition) is 5. The number of aryl methyl sites for hydroxylation is 1. The third kappa shape index (κ3) is 5.55. The second kappa shape index (κ2) is 12.5. The lowest BCUT2D eigenvalue weighted by Crippen LogP contribution is -2.12. The Labute approximate surface area is 286 Å². The molecule has 0 amide bonds. The highest BCUT2D eigenvalue weighted by Gasteiger charge is 2.21. The Hall–Kier alpha value is -5.34. The Bertz CT molecular complexity index is 2320. The van der Waals surface area contributed by atoms with Crippen LogP contribution >= 0.6 is 22.6 Å². The van der Waals surface area contributed by atoms with E-state index < -0.39 is 0 Å². The number of fused-ring (bicyclic) bond motifs is 2. The van der Waals surface area contributed by atoms with Crippen LogP contribution in [0.5, 0.6) is 0 Å². The number of aromatic nitrogens is 3. The van der Waals surface area contributed by atoms with Crippen molar-refractivity contribution in [3.05, 3.63) is 155 Å². The molecule has 6 heteroatoms. The van der Waals surface area contributed by atoms with Gasteiger partial charge in [0, 0.05) is 26.1 Å². The van der Waals surface area contributed by atoms with Crippen molar-refractivity contribution in [1.82, 2.24) is 15.0 Å². The number of benzene rings is 6. The predicted octanol–water partition coefficient (Wildman–Crippen LogP) is 11.4. The number of halogens is 1. The number of para-hydroxylation sites is 5. The molecule has 0 saturated carbocycles. The highest BCUT2D eigenvalue weighted by Crippen LogP contribution is 2.42. The van der Waals surface area contributed by atoms with Crippen LogP contribution in [0.4, 0.5) is 17.1 Å². The molecule has 0 N–H and O–H groups in total. The van der Waals surface area contributed by atoms with Crippen LogP contribution in [-0.4, -0.2) is 15.0 Å². The summed E-state index contributed by atoms with van der Waals surface area (Å²) in [5.41, 5.74) is 12.6. The summed E-state index contributed by atoms with van der Waals surface area (Å²) in [6.45, 7) is 2.19. The minimum atomic E-state index is 0.637. The first-order valence-corrected chi connectivity index (χ1v) is 16.7. The van der Waals surface area contributed by atoms with E-state index in [2.05, 4.69) is 113 Å². The molecular formula is C41H29IN4O. The van der Waals surface area contributed by atoms with Crippen LogP contribution in [0.2, 0.25) is 0 Å². The van der Waals surface area contributed by atoms with Gasteiger partial charge in [0.15, 0.2) is 5.58 Å². The molecule has 0 spiro atoms. The van der Waals surface area contributed by atoms with E-state index in [-0.39, 0.29) is 0 Å². The van der Waals surface area contributed by atoms with Crippen molar-refractivity contribution >= 4 is 61.8 Å². The lowest BCUT2D eigenvalue weighted by atomic mass is 10.0. The lowest BCUT2D eigenvalue weighted by molar-refractivity contribution is 0.619. The van der Waals surface area contributed by atoms with Gasteiger partial charge >= 0.3 is 0 Å². The Morgan fingerprint density at radius 2 is 1.13 bits per heavy atom. The highest BCUT2D eigenvalue weighted by atomic mass is 127. The van der Waals surface area contributed by atoms with Crippen molar-refractivity contribution in [2.24, 2.45) is 0 Å². The van der Waals surface area contributed by atoms with Crippen molar-refractivity contribution in [2.45, 2.75) is 13.3 Å². The molecule has 0 aliphatic rings. The van der Waals surface area contributed by atoms with Gasteiger partial charge in [0.2, 0.25) is 5.89 Å². The SMILES string of the molecule is CCc1cc(-c2nc3ccccc3o2)c(I)cc1N(c1ccccc1)c1ccc(-c2nc3ccccc3nc2-c2ccccc2)cc1. The summed E-state index contributed by atoms with van der Waals surface area (Å²) in [5.74, 6) is 0.637. The smallest absolute Gasteiger partial charge is 0.228 e. The first-order valence-electron chi connectivity index (χ1n) is 15.6. The molecule has 0 unspecified atom stereocenters. The van der Waals surface area contributed by atoms with Crippen LogP contribution in [0, 0.1) is 3.57 Å². The Kier molecular flexibility index (Phi) is 7.71. The molecule has 2 heterocycles. The fourth-order valence-electron chi connectivity index (χ4n) is 6.02. The van der Waals surface area contributed by atoms with Crippen LogP contribution in [0.15, 0.2) is 150 Å². The highest BCUT2D eigenvalue weighted by molar-refractivity contribution is 14.1. The van der Waals surface area contributed by atoms with Gasteiger partial charge in [-0.2, -0.15) is 0 Å². The summed E-state index contributed by atoms with van der Waals surface area (Å²) < 4.78 is 7.25. The minimum Gasteiger partial charge on any atom is -0.436 e. The Balaban J connectivity index is 1.24. The van der Waals surface area contributed by atoms with Gasteiger partial charge in [-0.1, -0.05) is 91.9 Å². The fraction of sp³-hybridized carbons (Fsp3) is 0.0488. The zero-order valence-corrected chi connectivity index (χ0v) is 27.8. The van der Waals surface area contributed by atoms with Gasteiger partial charge < -0.3 is 9.32 Å². The third-order valence-electron chi connectivity index (χ3n) is 8.35. The second-order valence-corrected chi connectivity index (χ2v) is 12.5. The second-order valence-electron chi connectivity index (χ2n) is 11.3. The number of anilines is 3. The van der Waals surface area contributed by atoms with E-state index in [1.807, 2.05) is 66.7 Å². The quantitative estimate of drug-likeness (QED) is 0.153. The van der Waals surface area contributed by atoms with Crippen molar-refractivity contribution in [3.8, 4) is 34.0 Å². The van der Waals surface area contributed by atoms with Crippen molar-refractivity contribution < 1.29 is 4.42 Å². The molecule has 8 aromatic rings. The van der Waals surface area contributed by atoms with Gasteiger partial charge in [-0.25, -0.2) is 15.0 Å². The summed E-state index contributed by atoms with van der Waals surface area (Å²) in [6, 6.07) is 49.9. The summed E-state index contributed by atoms with van der Waals surface area (Å²) in [6.07, 6.45) is 0.841. The maximum absolute atomic E-state index is 6.19. The summed E-state index contributed by atoms with van der Waals surface area (Å²) >= 11 is 2.41. The molecule has 47 heavy (non-hydrogen) atoms. The molecule has 2 aromatic heterocycles. The molecule has 0 bridgehead atoms. The molecule has 0 saturated heterocycles. The van der Waals surface area contributed by atoms with Crippen molar-refractivity contribution in [1.29, 1.82) is 0 Å². The van der Waals surface area contributed by atoms with Crippen LogP contribution in [-0.2, 0) is 6.42 Å². The largest absolute Gasteiger partial charge is 0.436 e. The van der Waals surface area contributed by atoms with Crippen LogP contribution in [0.25, 0.3) is 56.1 Å². The van der Waals surface area contributed by atoms with E-state index in [1.54, 1.807) is 0 Å². The lowest BCUT2D eigenvalue weighted by Gasteiger charge is -2.28. The number of hydrogen-bond donors (Lipinski definition) is 0. The van der Waals surface area contributed by atoms with Crippen LogP contribution in [0.3, 0.4) is 0 Å². The average Bonchev–Trinajstić information content (AvgIpc) is 3.57. The molecular weight excluding hydrogens is 691 g/mol. The predicted molar refractivity (Wildman–Crippen MR) is 200 cm³/mol. The van der Waals surface area contributed by atoms with Gasteiger partial charge in [-0.3, -0.25) is 0 Å². The molecule has 8 rings (SSSR count). The van der Waals surface area contributed by atoms with Gasteiger partial charge in [0.05, 0.1) is 33.7 Å². The molecule has 6 aromatic carbocycles. The number of rotatable bonds is 7. The summed E-state index contributed by atoms with van der Waals surface area (Å²) in [7, 11) is 0. The first kappa shape index (κ1) is 29.1. The zero-order valence-electron chi connectivity index (χ0n) is 25.6. The summed E-state index contributed by atoms with van der Waals surface area (Å²) in [5, 5.41) is 0. The van der Waals surface area contributed by atoms with Crippen molar-refractivity contribution in [3.63, 3.8) is 0 Å². The van der Waals surface area contributed by atoms with E-state index in [4.69, 9.17) is 19.4 Å². The van der Waals surface area contributed by atoms with Gasteiger partial charge in [0.25, 0.3) is 0 Å². The van der Waals surface area contributed by atoms with Crippen LogP contribution < -0.4 is 4.90 Å². The topological polar surface area (TPSA) is 55.1 Å². The molecule has 0 atom stereocenters. The average molecular weight is 721 g/mol. The monoisotopic (exact) mass is 720 g/mol. The Morgan fingerprint density at radius 1 is 0.574 bits per heavy atom. The van der Waals surface area contributed by atoms with E-state index in [0.29, 0.717) is 5.89 Å². The van der Waals surface area contributed by atoms with Gasteiger partial charge in [0.1, 0.15) is 5.52 Å². The first-order chi connectivity index (χ1) is 23.2. The van der Waals surface area contributed by atoms with E-state index in [0.717, 1.165) is 77.3 Å². The number of nitrogens with zero attached hydrogens (tertiary/aromatic N) is 4. The zero-order chi connectivity index (χ0) is 31.7. The molecule has 0 aliphatic heterocycles. The Morgan fingerprint density at radius 3 is 1.77 bits per heavy atom. The molecule has 226 valence electrons.